The number of aliphatic carboxylic acids is 1. The second kappa shape index (κ2) is 10.4. The molecule has 29 heavy (non-hydrogen) atoms. The number of amides is 1. The Morgan fingerprint density at radius 3 is 1.93 bits per heavy atom. The van der Waals surface area contributed by atoms with E-state index < -0.39 is 60.1 Å². The van der Waals surface area contributed by atoms with Crippen molar-refractivity contribution in [3.05, 3.63) is 0 Å². The van der Waals surface area contributed by atoms with Gasteiger partial charge in [0, 0.05) is 40.2 Å². The minimum absolute atomic E-state index is 0.101. The van der Waals surface area contributed by atoms with Crippen molar-refractivity contribution in [2.75, 3.05) is 13.7 Å². The van der Waals surface area contributed by atoms with Gasteiger partial charge in [-0.2, -0.15) is 0 Å². The molecular weight excluding hydrogens is 394 g/mol. The van der Waals surface area contributed by atoms with Gasteiger partial charge >= 0.3 is 29.8 Å². The van der Waals surface area contributed by atoms with Crippen molar-refractivity contribution >= 4 is 35.8 Å². The summed E-state index contributed by atoms with van der Waals surface area (Å²) in [4.78, 5) is 71.5. The summed E-state index contributed by atoms with van der Waals surface area (Å²) in [6.45, 7) is 2.93. The van der Waals surface area contributed by atoms with E-state index >= 15 is 0 Å². The molecule has 1 heterocycles. The van der Waals surface area contributed by atoms with E-state index in [9.17, 15) is 33.9 Å². The predicted molar refractivity (Wildman–Crippen MR) is 91.0 cm³/mol. The van der Waals surface area contributed by atoms with Crippen molar-refractivity contribution in [3.8, 4) is 0 Å². The molecule has 0 bridgehead atoms. The van der Waals surface area contributed by atoms with Gasteiger partial charge in [0.2, 0.25) is 12.2 Å². The number of rotatable bonds is 7. The highest BCUT2D eigenvalue weighted by molar-refractivity contribution is 5.93. The summed E-state index contributed by atoms with van der Waals surface area (Å²) in [6, 6.07) is -1.23. The number of carbonyl (C=O) groups is 6. The van der Waals surface area contributed by atoms with Crippen LogP contribution in [0.25, 0.3) is 0 Å². The van der Waals surface area contributed by atoms with Gasteiger partial charge in [-0.15, -0.1) is 0 Å². The van der Waals surface area contributed by atoms with Gasteiger partial charge in [0.05, 0.1) is 7.11 Å². The van der Waals surface area contributed by atoms with Crippen LogP contribution in [0.15, 0.2) is 0 Å². The van der Waals surface area contributed by atoms with E-state index in [-0.39, 0.29) is 19.4 Å². The van der Waals surface area contributed by atoms with Gasteiger partial charge in [0.25, 0.3) is 5.91 Å². The minimum Gasteiger partial charge on any atom is -0.478 e. The van der Waals surface area contributed by atoms with Crippen LogP contribution in [-0.4, -0.2) is 83.8 Å². The molecule has 1 rings (SSSR count). The van der Waals surface area contributed by atoms with Crippen LogP contribution in [0.3, 0.4) is 0 Å². The molecule has 162 valence electrons. The molecule has 0 aromatic carbocycles. The lowest BCUT2D eigenvalue weighted by Crippen LogP contribution is -2.58. The standard InChI is InChI=1S/C17H23NO11/c1-8(19)27-11-5-6-18(12(7-11)17(25)26-4)15(22)13(28-9(2)20)14(16(23)24)29-10(3)21/h11-14H,5-7H2,1-4H3,(H,23,24)/t11-,12+,13-,14-/m0/s1. The van der Waals surface area contributed by atoms with Gasteiger partial charge in [-0.25, -0.2) is 9.59 Å². The summed E-state index contributed by atoms with van der Waals surface area (Å²) < 4.78 is 19.2. The van der Waals surface area contributed by atoms with E-state index in [1.165, 1.54) is 6.92 Å². The first-order chi connectivity index (χ1) is 13.5. The highest BCUT2D eigenvalue weighted by Crippen LogP contribution is 2.24. The molecule has 0 aromatic heterocycles. The zero-order chi connectivity index (χ0) is 22.3. The van der Waals surface area contributed by atoms with Gasteiger partial charge < -0.3 is 29.0 Å². The first kappa shape index (κ1) is 23.9. The van der Waals surface area contributed by atoms with Gasteiger partial charge in [-0.1, -0.05) is 0 Å². The molecule has 0 saturated carbocycles. The first-order valence-corrected chi connectivity index (χ1v) is 8.60. The Labute approximate surface area is 166 Å². The lowest BCUT2D eigenvalue weighted by Gasteiger charge is -2.39. The molecule has 0 unspecified atom stereocenters. The molecule has 12 heteroatoms. The number of esters is 4. The maximum absolute atomic E-state index is 13.0. The topological polar surface area (TPSA) is 163 Å². The summed E-state index contributed by atoms with van der Waals surface area (Å²) in [5.74, 6) is -6.20. The number of ether oxygens (including phenoxy) is 4. The lowest BCUT2D eigenvalue weighted by atomic mass is 9.97. The maximum atomic E-state index is 13.0. The normalized spacial score (nSPS) is 20.6. The maximum Gasteiger partial charge on any atom is 0.349 e. The monoisotopic (exact) mass is 417 g/mol. The van der Waals surface area contributed by atoms with Crippen molar-refractivity contribution in [3.63, 3.8) is 0 Å². The Balaban J connectivity index is 3.21. The summed E-state index contributed by atoms with van der Waals surface area (Å²) in [7, 11) is 1.09. The fourth-order valence-electron chi connectivity index (χ4n) is 2.90. The molecule has 0 aliphatic carbocycles. The van der Waals surface area contributed by atoms with Crippen molar-refractivity contribution in [1.29, 1.82) is 0 Å². The third-order valence-electron chi connectivity index (χ3n) is 3.99. The number of methoxy groups -OCH3 is 1. The summed E-state index contributed by atoms with van der Waals surface area (Å²) >= 11 is 0. The third kappa shape index (κ3) is 6.73. The zero-order valence-corrected chi connectivity index (χ0v) is 16.4. The Morgan fingerprint density at radius 2 is 1.48 bits per heavy atom. The first-order valence-electron chi connectivity index (χ1n) is 8.60. The summed E-state index contributed by atoms with van der Waals surface area (Å²) in [6.07, 6.45) is -4.76. The van der Waals surface area contributed by atoms with E-state index in [1.807, 2.05) is 0 Å². The second-order valence-electron chi connectivity index (χ2n) is 6.22. The third-order valence-corrected chi connectivity index (χ3v) is 3.99. The number of hydrogen-bond acceptors (Lipinski definition) is 10. The molecule has 12 nitrogen and oxygen atoms in total. The molecule has 1 aliphatic rings. The fraction of sp³-hybridized carbons (Fsp3) is 0.647. The molecule has 0 radical (unpaired) electrons. The second-order valence-corrected chi connectivity index (χ2v) is 6.22. The van der Waals surface area contributed by atoms with Crippen LogP contribution in [0, 0.1) is 0 Å². The molecule has 4 atom stereocenters. The number of likely N-dealkylation sites (tertiary alicyclic amines) is 1. The molecule has 1 fully saturated rings. The Morgan fingerprint density at radius 1 is 0.931 bits per heavy atom. The zero-order valence-electron chi connectivity index (χ0n) is 16.4. The van der Waals surface area contributed by atoms with Crippen molar-refractivity contribution in [2.24, 2.45) is 0 Å². The molecule has 1 N–H and O–H groups in total. The molecular formula is C17H23NO11. The van der Waals surface area contributed by atoms with Gasteiger partial charge in [0.15, 0.2) is 0 Å². The van der Waals surface area contributed by atoms with Crippen LogP contribution in [-0.2, 0) is 47.7 Å². The summed E-state index contributed by atoms with van der Waals surface area (Å²) in [5, 5.41) is 9.33. The SMILES string of the molecule is COC(=O)[C@H]1C[C@@H](OC(C)=O)CCN1C(=O)[C@@H](OC(C)=O)[C@H](OC(C)=O)C(=O)O. The van der Waals surface area contributed by atoms with Crippen LogP contribution in [0.2, 0.25) is 0 Å². The fourth-order valence-corrected chi connectivity index (χ4v) is 2.90. The predicted octanol–water partition coefficient (Wildman–Crippen LogP) is -0.970. The average molecular weight is 417 g/mol. The highest BCUT2D eigenvalue weighted by atomic mass is 16.6. The molecule has 0 spiro atoms. The summed E-state index contributed by atoms with van der Waals surface area (Å²) in [5.41, 5.74) is 0. The van der Waals surface area contributed by atoms with Crippen LogP contribution in [0.4, 0.5) is 0 Å². The smallest absolute Gasteiger partial charge is 0.349 e. The van der Waals surface area contributed by atoms with E-state index in [2.05, 4.69) is 9.47 Å². The molecule has 1 aliphatic heterocycles. The highest BCUT2D eigenvalue weighted by Gasteiger charge is 2.46. The number of piperidine rings is 1. The minimum atomic E-state index is -2.12. The van der Waals surface area contributed by atoms with Crippen LogP contribution >= 0.6 is 0 Å². The number of carbonyl (C=O) groups excluding carboxylic acids is 5. The Bertz CT molecular complexity index is 689. The Hall–Kier alpha value is -3.18. The van der Waals surface area contributed by atoms with Crippen LogP contribution < -0.4 is 0 Å². The van der Waals surface area contributed by atoms with E-state index in [0.29, 0.717) is 0 Å². The number of carboxylic acid groups (broad SMARTS) is 1. The number of nitrogens with zero attached hydrogens (tertiary/aromatic N) is 1. The lowest BCUT2D eigenvalue weighted by molar-refractivity contribution is -0.186. The molecule has 0 aromatic rings. The van der Waals surface area contributed by atoms with Crippen LogP contribution in [0.5, 0.6) is 0 Å². The van der Waals surface area contributed by atoms with Gasteiger partial charge in [-0.05, 0) is 0 Å². The van der Waals surface area contributed by atoms with Crippen LogP contribution in [0.1, 0.15) is 33.6 Å². The van der Waals surface area contributed by atoms with Gasteiger partial charge in [-0.3, -0.25) is 19.2 Å². The largest absolute Gasteiger partial charge is 0.478 e. The van der Waals surface area contributed by atoms with E-state index in [0.717, 1.165) is 25.9 Å². The van der Waals surface area contributed by atoms with E-state index in [4.69, 9.17) is 9.47 Å². The number of carboxylic acids is 1. The average Bonchev–Trinajstić information content (AvgIpc) is 2.62. The quantitative estimate of drug-likeness (QED) is 0.400. The van der Waals surface area contributed by atoms with E-state index in [1.54, 1.807) is 0 Å². The molecule has 1 amide bonds. The van der Waals surface area contributed by atoms with Gasteiger partial charge in [0.1, 0.15) is 12.1 Å². The van der Waals surface area contributed by atoms with Crippen molar-refractivity contribution in [2.45, 2.75) is 58.0 Å². The van der Waals surface area contributed by atoms with Crippen molar-refractivity contribution in [1.82, 2.24) is 4.90 Å². The number of hydrogen-bond donors (Lipinski definition) is 1. The molecule has 1 saturated heterocycles. The van der Waals surface area contributed by atoms with Crippen molar-refractivity contribution < 1.29 is 52.8 Å². The Kier molecular flexibility index (Phi) is 8.55.